The van der Waals surface area contributed by atoms with E-state index in [0.717, 1.165) is 11.3 Å². The van der Waals surface area contributed by atoms with Crippen molar-refractivity contribution < 1.29 is 4.79 Å². The topological polar surface area (TPSA) is 65.5 Å². The summed E-state index contributed by atoms with van der Waals surface area (Å²) in [6.07, 6.45) is 0.350. The molecule has 136 valence electrons. The molecule has 24 heavy (non-hydrogen) atoms. The van der Waals surface area contributed by atoms with Gasteiger partial charge in [0.15, 0.2) is 5.96 Å². The Labute approximate surface area is 167 Å². The number of nitrogens with one attached hydrogen (secondary N) is 3. The fourth-order valence-corrected chi connectivity index (χ4v) is 2.00. The number of carbonyl (C=O) groups is 1. The molecule has 0 fully saturated rings. The van der Waals surface area contributed by atoms with E-state index in [2.05, 4.69) is 41.7 Å². The van der Waals surface area contributed by atoms with Gasteiger partial charge in [-0.1, -0.05) is 31.5 Å². The Kier molecular flexibility index (Phi) is 11.0. The van der Waals surface area contributed by atoms with E-state index < -0.39 is 0 Å². The van der Waals surface area contributed by atoms with Gasteiger partial charge in [0.1, 0.15) is 0 Å². The Morgan fingerprint density at radius 2 is 1.96 bits per heavy atom. The summed E-state index contributed by atoms with van der Waals surface area (Å²) < 4.78 is 0. The third kappa shape index (κ3) is 7.70. The number of hydrogen-bond acceptors (Lipinski definition) is 2. The molecule has 1 atom stereocenters. The summed E-state index contributed by atoms with van der Waals surface area (Å²) in [7, 11) is 1.72. The molecule has 1 aromatic carbocycles. The Morgan fingerprint density at radius 3 is 2.54 bits per heavy atom. The number of guanidine groups is 1. The quantitative estimate of drug-likeness (QED) is 0.339. The van der Waals surface area contributed by atoms with Crippen molar-refractivity contribution in [3.05, 3.63) is 28.8 Å². The van der Waals surface area contributed by atoms with Crippen molar-refractivity contribution in [2.45, 2.75) is 40.2 Å². The van der Waals surface area contributed by atoms with Crippen LogP contribution in [0.3, 0.4) is 0 Å². The van der Waals surface area contributed by atoms with Crippen molar-refractivity contribution in [3.63, 3.8) is 0 Å². The van der Waals surface area contributed by atoms with Crippen LogP contribution in [-0.2, 0) is 4.79 Å². The number of anilines is 1. The van der Waals surface area contributed by atoms with Crippen LogP contribution in [0.2, 0.25) is 5.02 Å². The Morgan fingerprint density at radius 1 is 1.29 bits per heavy atom. The lowest BCUT2D eigenvalue weighted by Gasteiger charge is -2.20. The van der Waals surface area contributed by atoms with Crippen LogP contribution in [0.25, 0.3) is 0 Å². The van der Waals surface area contributed by atoms with E-state index in [-0.39, 0.29) is 29.9 Å². The standard InChI is InChI=1S/C17H27ClN4O.HI/c1-11(2)13(4)21-17(19-5)20-10-9-16(23)22-15-8-6-7-14(18)12(15)3;/h6-8,11,13H,9-10H2,1-5H3,(H,22,23)(H2,19,20,21);1H. The molecular formula is C17H28ClIN4O. The molecule has 0 saturated heterocycles. The third-order valence-electron chi connectivity index (χ3n) is 3.77. The van der Waals surface area contributed by atoms with Gasteiger partial charge >= 0.3 is 0 Å². The SMILES string of the molecule is CN=C(NCCC(=O)Nc1cccc(Cl)c1C)NC(C)C(C)C.I. The summed E-state index contributed by atoms with van der Waals surface area (Å²) in [5, 5.41) is 9.97. The molecule has 0 bridgehead atoms. The highest BCUT2D eigenvalue weighted by molar-refractivity contribution is 14.0. The normalized spacial score (nSPS) is 12.4. The van der Waals surface area contributed by atoms with Gasteiger partial charge in [0.05, 0.1) is 0 Å². The minimum Gasteiger partial charge on any atom is -0.356 e. The predicted molar refractivity (Wildman–Crippen MR) is 114 cm³/mol. The summed E-state index contributed by atoms with van der Waals surface area (Å²) >= 11 is 6.05. The van der Waals surface area contributed by atoms with Gasteiger partial charge in [-0.25, -0.2) is 0 Å². The van der Waals surface area contributed by atoms with Gasteiger partial charge in [-0.15, -0.1) is 24.0 Å². The third-order valence-corrected chi connectivity index (χ3v) is 4.18. The summed E-state index contributed by atoms with van der Waals surface area (Å²) in [6, 6.07) is 5.78. The van der Waals surface area contributed by atoms with Gasteiger partial charge in [0.25, 0.3) is 0 Å². The highest BCUT2D eigenvalue weighted by atomic mass is 127. The average molecular weight is 467 g/mol. The van der Waals surface area contributed by atoms with Gasteiger partial charge in [-0.3, -0.25) is 9.79 Å². The van der Waals surface area contributed by atoms with E-state index in [1.54, 1.807) is 13.1 Å². The molecule has 0 spiro atoms. The van der Waals surface area contributed by atoms with Crippen molar-refractivity contribution in [1.29, 1.82) is 0 Å². The maximum atomic E-state index is 12.0. The molecule has 1 aromatic rings. The molecule has 0 aliphatic carbocycles. The fraction of sp³-hybridized carbons (Fsp3) is 0.529. The van der Waals surface area contributed by atoms with Crippen LogP contribution >= 0.6 is 35.6 Å². The number of hydrogen-bond donors (Lipinski definition) is 3. The van der Waals surface area contributed by atoms with Crippen molar-refractivity contribution in [2.24, 2.45) is 10.9 Å². The van der Waals surface area contributed by atoms with Crippen LogP contribution in [0.1, 0.15) is 32.8 Å². The van der Waals surface area contributed by atoms with Crippen LogP contribution < -0.4 is 16.0 Å². The maximum Gasteiger partial charge on any atom is 0.226 e. The number of carbonyl (C=O) groups excluding carboxylic acids is 1. The molecule has 0 aliphatic rings. The van der Waals surface area contributed by atoms with E-state index in [1.807, 2.05) is 19.1 Å². The van der Waals surface area contributed by atoms with Gasteiger partial charge in [0.2, 0.25) is 5.91 Å². The summed E-state index contributed by atoms with van der Waals surface area (Å²) in [5.74, 6) is 1.15. The Bertz CT molecular complexity index is 564. The average Bonchev–Trinajstić information content (AvgIpc) is 2.50. The molecule has 1 rings (SSSR count). The predicted octanol–water partition coefficient (Wildman–Crippen LogP) is 3.80. The van der Waals surface area contributed by atoms with E-state index in [0.29, 0.717) is 35.9 Å². The first-order chi connectivity index (χ1) is 10.8. The summed E-state index contributed by atoms with van der Waals surface area (Å²) in [4.78, 5) is 16.2. The maximum absolute atomic E-state index is 12.0. The minimum absolute atomic E-state index is 0. The smallest absolute Gasteiger partial charge is 0.226 e. The van der Waals surface area contributed by atoms with Crippen molar-refractivity contribution in [2.75, 3.05) is 18.9 Å². The zero-order valence-electron chi connectivity index (χ0n) is 14.9. The molecule has 5 nitrogen and oxygen atoms in total. The lowest BCUT2D eigenvalue weighted by Crippen LogP contribution is -2.44. The van der Waals surface area contributed by atoms with Crippen molar-refractivity contribution in [1.82, 2.24) is 10.6 Å². The molecule has 7 heteroatoms. The molecule has 0 heterocycles. The molecule has 1 unspecified atom stereocenters. The fourth-order valence-electron chi connectivity index (χ4n) is 1.83. The molecule has 0 saturated carbocycles. The largest absolute Gasteiger partial charge is 0.356 e. The number of aliphatic imine (C=N–C) groups is 1. The highest BCUT2D eigenvalue weighted by Gasteiger charge is 2.10. The van der Waals surface area contributed by atoms with Crippen LogP contribution in [-0.4, -0.2) is 31.5 Å². The second-order valence-electron chi connectivity index (χ2n) is 5.89. The summed E-state index contributed by atoms with van der Waals surface area (Å²) in [6.45, 7) is 8.79. The van der Waals surface area contributed by atoms with Gasteiger partial charge < -0.3 is 16.0 Å². The number of halogens is 2. The lowest BCUT2D eigenvalue weighted by molar-refractivity contribution is -0.116. The minimum atomic E-state index is -0.0600. The number of amides is 1. The first-order valence-electron chi connectivity index (χ1n) is 7.87. The van der Waals surface area contributed by atoms with Crippen LogP contribution in [0.4, 0.5) is 5.69 Å². The van der Waals surface area contributed by atoms with Gasteiger partial charge in [-0.05, 0) is 37.5 Å². The second-order valence-corrected chi connectivity index (χ2v) is 6.29. The van der Waals surface area contributed by atoms with E-state index >= 15 is 0 Å². The number of rotatable bonds is 6. The van der Waals surface area contributed by atoms with Gasteiger partial charge in [0, 0.05) is 36.8 Å². The van der Waals surface area contributed by atoms with E-state index in [4.69, 9.17) is 11.6 Å². The highest BCUT2D eigenvalue weighted by Crippen LogP contribution is 2.22. The monoisotopic (exact) mass is 466 g/mol. The summed E-state index contributed by atoms with van der Waals surface area (Å²) in [5.41, 5.74) is 1.62. The number of nitrogens with zero attached hydrogens (tertiary/aromatic N) is 1. The zero-order chi connectivity index (χ0) is 17.4. The van der Waals surface area contributed by atoms with E-state index in [1.165, 1.54) is 0 Å². The van der Waals surface area contributed by atoms with Gasteiger partial charge in [-0.2, -0.15) is 0 Å². The van der Waals surface area contributed by atoms with Crippen LogP contribution in [0.15, 0.2) is 23.2 Å². The molecule has 3 N–H and O–H groups in total. The van der Waals surface area contributed by atoms with Crippen LogP contribution in [0, 0.1) is 12.8 Å². The molecule has 0 aromatic heterocycles. The Balaban J connectivity index is 0.00000529. The number of benzene rings is 1. The van der Waals surface area contributed by atoms with Crippen LogP contribution in [0.5, 0.6) is 0 Å². The van der Waals surface area contributed by atoms with Crippen molar-refractivity contribution >= 4 is 53.1 Å². The molecule has 0 radical (unpaired) electrons. The van der Waals surface area contributed by atoms with Crippen molar-refractivity contribution in [3.8, 4) is 0 Å². The molecule has 1 amide bonds. The molecule has 0 aliphatic heterocycles. The lowest BCUT2D eigenvalue weighted by atomic mass is 10.1. The second kappa shape index (κ2) is 11.5. The Hall–Kier alpha value is -1.02. The molecular weight excluding hydrogens is 439 g/mol. The first kappa shape index (κ1) is 23.0. The van der Waals surface area contributed by atoms with E-state index in [9.17, 15) is 4.79 Å². The zero-order valence-corrected chi connectivity index (χ0v) is 18.0. The first-order valence-corrected chi connectivity index (χ1v) is 8.25.